The lowest BCUT2D eigenvalue weighted by Crippen LogP contribution is -2.35. The lowest BCUT2D eigenvalue weighted by Gasteiger charge is -2.24. The summed E-state index contributed by atoms with van der Waals surface area (Å²) < 4.78 is 1.92. The summed E-state index contributed by atoms with van der Waals surface area (Å²) in [5.41, 5.74) is 1.85. The Labute approximate surface area is 203 Å². The highest BCUT2D eigenvalue weighted by Crippen LogP contribution is 2.29. The van der Waals surface area contributed by atoms with Crippen molar-refractivity contribution < 1.29 is 4.79 Å². The molecular weight excluding hydrogens is 424 g/mol. The van der Waals surface area contributed by atoms with Crippen molar-refractivity contribution in [1.82, 2.24) is 24.6 Å². The van der Waals surface area contributed by atoms with Gasteiger partial charge in [-0.3, -0.25) is 4.79 Å². The van der Waals surface area contributed by atoms with E-state index >= 15 is 0 Å². The molecule has 1 atom stereocenters. The molecule has 1 amide bonds. The lowest BCUT2D eigenvalue weighted by atomic mass is 10.1. The van der Waals surface area contributed by atoms with E-state index in [1.807, 2.05) is 34.0 Å². The third-order valence-corrected chi connectivity index (χ3v) is 6.73. The van der Waals surface area contributed by atoms with Gasteiger partial charge in [-0.2, -0.15) is 5.10 Å². The second-order valence-corrected chi connectivity index (χ2v) is 9.40. The minimum absolute atomic E-state index is 0.274. The number of fused-ring (bicyclic) bond motifs is 1. The number of amides is 1. The van der Waals surface area contributed by atoms with Gasteiger partial charge in [-0.25, -0.2) is 14.6 Å². The van der Waals surface area contributed by atoms with Crippen LogP contribution in [0.5, 0.6) is 0 Å². The van der Waals surface area contributed by atoms with E-state index in [1.54, 1.807) is 0 Å². The molecule has 1 aromatic carbocycles. The molecule has 0 radical (unpaired) electrons. The molecule has 7 heteroatoms. The monoisotopic (exact) mass is 462 g/mol. The van der Waals surface area contributed by atoms with Crippen molar-refractivity contribution in [3.05, 3.63) is 42.4 Å². The predicted octanol–water partition coefficient (Wildman–Crippen LogP) is 5.34. The van der Waals surface area contributed by atoms with E-state index in [2.05, 4.69) is 37.8 Å². The van der Waals surface area contributed by atoms with Crippen LogP contribution in [0, 0.1) is 0 Å². The summed E-state index contributed by atoms with van der Waals surface area (Å²) in [6.07, 6.45) is 8.88. The number of benzene rings is 1. The predicted molar refractivity (Wildman–Crippen MR) is 138 cm³/mol. The Balaban J connectivity index is 1.64. The molecule has 0 saturated carbocycles. The van der Waals surface area contributed by atoms with Crippen LogP contribution in [0.3, 0.4) is 0 Å². The molecule has 1 saturated heterocycles. The zero-order valence-corrected chi connectivity index (χ0v) is 20.9. The maximum absolute atomic E-state index is 12.7. The molecule has 3 aromatic rings. The standard InChI is InChI=1S/C27H38N6O/c1-4-6-8-15-24(34)31-16-11-17-32(19-18-31)26-23-20-28-33(22-13-9-7-10-14-22)27(23)30-25(29-26)21(3)12-5-2/h7,9-10,13-14,20-21H,4-6,8,11-12,15-19H2,1-3H3/t21-/m1/s1. The van der Waals surface area contributed by atoms with Gasteiger partial charge in [-0.15, -0.1) is 0 Å². The number of carbonyl (C=O) groups excluding carboxylic acids is 1. The van der Waals surface area contributed by atoms with Gasteiger partial charge in [-0.05, 0) is 31.4 Å². The van der Waals surface area contributed by atoms with E-state index < -0.39 is 0 Å². The van der Waals surface area contributed by atoms with Gasteiger partial charge in [0.1, 0.15) is 11.6 Å². The number of rotatable bonds is 9. The number of anilines is 1. The molecule has 7 nitrogen and oxygen atoms in total. The fourth-order valence-corrected chi connectivity index (χ4v) is 4.75. The summed E-state index contributed by atoms with van der Waals surface area (Å²) in [7, 11) is 0. The first-order valence-corrected chi connectivity index (χ1v) is 13.0. The largest absolute Gasteiger partial charge is 0.354 e. The molecule has 2 aromatic heterocycles. The van der Waals surface area contributed by atoms with Crippen molar-refractivity contribution in [3.8, 4) is 5.69 Å². The number of hydrogen-bond donors (Lipinski definition) is 0. The average Bonchev–Trinajstić information content (AvgIpc) is 3.13. The highest BCUT2D eigenvalue weighted by Gasteiger charge is 2.24. The summed E-state index contributed by atoms with van der Waals surface area (Å²) in [6.45, 7) is 9.79. The number of unbranched alkanes of at least 4 members (excludes halogenated alkanes) is 2. The van der Waals surface area contributed by atoms with Gasteiger partial charge in [0.15, 0.2) is 5.65 Å². The summed E-state index contributed by atoms with van der Waals surface area (Å²) in [5, 5.41) is 5.67. The summed E-state index contributed by atoms with van der Waals surface area (Å²) in [6, 6.07) is 10.2. The Bertz CT molecular complexity index is 1080. The molecule has 182 valence electrons. The number of para-hydroxylation sites is 1. The van der Waals surface area contributed by atoms with Crippen LogP contribution in [0.4, 0.5) is 5.82 Å². The van der Waals surface area contributed by atoms with Gasteiger partial charge in [0, 0.05) is 38.5 Å². The first-order chi connectivity index (χ1) is 16.6. The van der Waals surface area contributed by atoms with Crippen molar-refractivity contribution >= 4 is 22.8 Å². The zero-order valence-electron chi connectivity index (χ0n) is 20.9. The van der Waals surface area contributed by atoms with E-state index in [1.165, 1.54) is 0 Å². The molecule has 0 aliphatic carbocycles. The first-order valence-electron chi connectivity index (χ1n) is 13.0. The van der Waals surface area contributed by atoms with Gasteiger partial charge in [-0.1, -0.05) is 58.2 Å². The molecule has 1 fully saturated rings. The number of aromatic nitrogens is 4. The molecule has 0 N–H and O–H groups in total. The van der Waals surface area contributed by atoms with Crippen LogP contribution >= 0.6 is 0 Å². The Kier molecular flexibility index (Phi) is 8.14. The molecule has 0 bridgehead atoms. The van der Waals surface area contributed by atoms with E-state index in [4.69, 9.17) is 15.1 Å². The van der Waals surface area contributed by atoms with Gasteiger partial charge in [0.25, 0.3) is 0 Å². The van der Waals surface area contributed by atoms with Crippen LogP contribution in [-0.4, -0.2) is 56.7 Å². The summed E-state index contributed by atoms with van der Waals surface area (Å²) >= 11 is 0. The van der Waals surface area contributed by atoms with Crippen molar-refractivity contribution in [2.45, 2.75) is 71.6 Å². The highest BCUT2D eigenvalue weighted by molar-refractivity contribution is 5.88. The number of carbonyl (C=O) groups is 1. The van der Waals surface area contributed by atoms with Crippen molar-refractivity contribution in [2.75, 3.05) is 31.1 Å². The molecular formula is C27H38N6O. The molecule has 0 spiro atoms. The SMILES string of the molecule is CCCCCC(=O)N1CCCN(c2nc([C@H](C)CCC)nc3c2cnn3-c2ccccc2)CC1. The Morgan fingerprint density at radius 3 is 2.59 bits per heavy atom. The van der Waals surface area contributed by atoms with Crippen LogP contribution in [0.2, 0.25) is 0 Å². The van der Waals surface area contributed by atoms with Crippen LogP contribution in [0.25, 0.3) is 16.7 Å². The topological polar surface area (TPSA) is 67.2 Å². The quantitative estimate of drug-likeness (QED) is 0.402. The van der Waals surface area contributed by atoms with Crippen molar-refractivity contribution in [2.24, 2.45) is 0 Å². The molecule has 3 heterocycles. The minimum atomic E-state index is 0.274. The van der Waals surface area contributed by atoms with E-state index in [-0.39, 0.29) is 11.8 Å². The smallest absolute Gasteiger partial charge is 0.222 e. The second-order valence-electron chi connectivity index (χ2n) is 9.40. The minimum Gasteiger partial charge on any atom is -0.354 e. The van der Waals surface area contributed by atoms with Crippen LogP contribution in [-0.2, 0) is 4.79 Å². The fourth-order valence-electron chi connectivity index (χ4n) is 4.75. The molecule has 1 aliphatic heterocycles. The van der Waals surface area contributed by atoms with Gasteiger partial charge < -0.3 is 9.80 Å². The van der Waals surface area contributed by atoms with Crippen molar-refractivity contribution in [1.29, 1.82) is 0 Å². The maximum atomic E-state index is 12.7. The number of hydrogen-bond acceptors (Lipinski definition) is 5. The Morgan fingerprint density at radius 1 is 1.00 bits per heavy atom. The average molecular weight is 463 g/mol. The van der Waals surface area contributed by atoms with Gasteiger partial charge in [0.2, 0.25) is 5.91 Å². The maximum Gasteiger partial charge on any atom is 0.222 e. The van der Waals surface area contributed by atoms with Gasteiger partial charge in [0.05, 0.1) is 17.3 Å². The third-order valence-electron chi connectivity index (χ3n) is 6.73. The first kappa shape index (κ1) is 24.2. The normalized spacial score (nSPS) is 15.5. The van der Waals surface area contributed by atoms with E-state index in [0.717, 1.165) is 93.1 Å². The molecule has 34 heavy (non-hydrogen) atoms. The van der Waals surface area contributed by atoms with Crippen LogP contribution in [0.15, 0.2) is 36.5 Å². The molecule has 4 rings (SSSR count). The van der Waals surface area contributed by atoms with Crippen molar-refractivity contribution in [3.63, 3.8) is 0 Å². The summed E-state index contributed by atoms with van der Waals surface area (Å²) in [4.78, 5) is 27.2. The Hall–Kier alpha value is -2.96. The molecule has 0 unspecified atom stereocenters. The fraction of sp³-hybridized carbons (Fsp3) is 0.556. The van der Waals surface area contributed by atoms with E-state index in [0.29, 0.717) is 6.42 Å². The lowest BCUT2D eigenvalue weighted by molar-refractivity contribution is -0.131. The Morgan fingerprint density at radius 2 is 1.82 bits per heavy atom. The summed E-state index contributed by atoms with van der Waals surface area (Å²) in [5.74, 6) is 2.39. The zero-order chi connectivity index (χ0) is 23.9. The second kappa shape index (κ2) is 11.4. The van der Waals surface area contributed by atoms with Gasteiger partial charge >= 0.3 is 0 Å². The molecule has 1 aliphatic rings. The highest BCUT2D eigenvalue weighted by atomic mass is 16.2. The van der Waals surface area contributed by atoms with Crippen LogP contribution in [0.1, 0.15) is 77.5 Å². The third kappa shape index (κ3) is 5.40. The van der Waals surface area contributed by atoms with Crippen LogP contribution < -0.4 is 4.90 Å². The number of nitrogens with zero attached hydrogens (tertiary/aromatic N) is 6. The van der Waals surface area contributed by atoms with E-state index in [9.17, 15) is 4.79 Å².